The van der Waals surface area contributed by atoms with E-state index in [2.05, 4.69) is 66.9 Å². The number of piperidine rings is 1. The first kappa shape index (κ1) is 14.9. The quantitative estimate of drug-likeness (QED) is 0.805. The number of methoxy groups -OCH3 is 1. The number of nitrogens with zero attached hydrogens (tertiary/aromatic N) is 3. The number of benzene rings is 1. The minimum absolute atomic E-state index is 0.462. The van der Waals surface area contributed by atoms with Crippen molar-refractivity contribution in [1.29, 1.82) is 0 Å². The van der Waals surface area contributed by atoms with Gasteiger partial charge in [-0.15, -0.1) is 10.2 Å². The molecule has 1 fully saturated rings. The summed E-state index contributed by atoms with van der Waals surface area (Å²) in [5.74, 6) is 2.39. The van der Waals surface area contributed by atoms with Gasteiger partial charge in [0.25, 0.3) is 0 Å². The molecule has 3 rings (SSSR count). The Morgan fingerprint density at radius 1 is 1.24 bits per heavy atom. The molecule has 0 bridgehead atoms. The van der Waals surface area contributed by atoms with Gasteiger partial charge in [0.05, 0.1) is 0 Å². The fourth-order valence-corrected chi connectivity index (χ4v) is 3.13. The summed E-state index contributed by atoms with van der Waals surface area (Å²) in [4.78, 5) is 0. The Morgan fingerprint density at radius 2 is 1.95 bits per heavy atom. The molecule has 1 aliphatic heterocycles. The molecule has 1 N–H and O–H groups in total. The molecular weight excluding hydrogens is 379 g/mol. The van der Waals surface area contributed by atoms with Crippen molar-refractivity contribution in [1.82, 2.24) is 20.1 Å². The van der Waals surface area contributed by atoms with Crippen LogP contribution in [0.1, 0.15) is 30.4 Å². The van der Waals surface area contributed by atoms with Crippen molar-refractivity contribution in [2.75, 3.05) is 20.2 Å². The van der Waals surface area contributed by atoms with Gasteiger partial charge in [-0.3, -0.25) is 4.57 Å². The van der Waals surface area contributed by atoms with Crippen LogP contribution in [0.25, 0.3) is 5.69 Å². The van der Waals surface area contributed by atoms with E-state index in [4.69, 9.17) is 4.74 Å². The molecular formula is C15H19IN4O. The lowest BCUT2D eigenvalue weighted by Crippen LogP contribution is -2.28. The van der Waals surface area contributed by atoms with Gasteiger partial charge in [-0.1, -0.05) is 0 Å². The van der Waals surface area contributed by atoms with Gasteiger partial charge in [0, 0.05) is 22.3 Å². The van der Waals surface area contributed by atoms with Crippen LogP contribution in [0.2, 0.25) is 0 Å². The second-order valence-corrected chi connectivity index (χ2v) is 6.49. The summed E-state index contributed by atoms with van der Waals surface area (Å²) in [6.07, 6.45) is 2.21. The molecule has 6 heteroatoms. The van der Waals surface area contributed by atoms with Crippen molar-refractivity contribution in [3.63, 3.8) is 0 Å². The second-order valence-electron chi connectivity index (χ2n) is 5.24. The predicted octanol–water partition coefficient (Wildman–Crippen LogP) is 2.49. The average Bonchev–Trinajstić information content (AvgIpc) is 2.93. The van der Waals surface area contributed by atoms with Crippen molar-refractivity contribution in [3.05, 3.63) is 39.5 Å². The molecule has 0 aliphatic carbocycles. The van der Waals surface area contributed by atoms with Gasteiger partial charge in [-0.2, -0.15) is 0 Å². The average molecular weight is 398 g/mol. The molecule has 112 valence electrons. The van der Waals surface area contributed by atoms with E-state index in [9.17, 15) is 0 Å². The van der Waals surface area contributed by atoms with Gasteiger partial charge in [-0.25, -0.2) is 0 Å². The smallest absolute Gasteiger partial charge is 0.163 e. The first-order chi connectivity index (χ1) is 10.3. The molecule has 0 spiro atoms. The highest BCUT2D eigenvalue weighted by atomic mass is 127. The van der Waals surface area contributed by atoms with Gasteiger partial charge in [0.15, 0.2) is 5.82 Å². The number of rotatable bonds is 4. The van der Waals surface area contributed by atoms with Crippen molar-refractivity contribution in [2.45, 2.75) is 25.4 Å². The van der Waals surface area contributed by atoms with Crippen molar-refractivity contribution in [3.8, 4) is 5.69 Å². The third-order valence-electron chi connectivity index (χ3n) is 3.82. The highest BCUT2D eigenvalue weighted by Crippen LogP contribution is 2.27. The van der Waals surface area contributed by atoms with E-state index in [1.165, 1.54) is 3.57 Å². The summed E-state index contributed by atoms with van der Waals surface area (Å²) in [6, 6.07) is 8.46. The molecule has 5 nitrogen and oxygen atoms in total. The molecule has 1 aliphatic rings. The molecule has 2 aromatic rings. The first-order valence-corrected chi connectivity index (χ1v) is 8.27. The third kappa shape index (κ3) is 3.27. The molecule has 1 saturated heterocycles. The summed E-state index contributed by atoms with van der Waals surface area (Å²) < 4.78 is 8.66. The number of ether oxygens (including phenoxy) is 1. The van der Waals surface area contributed by atoms with Crippen LogP contribution in [-0.4, -0.2) is 35.0 Å². The molecule has 0 saturated carbocycles. The van der Waals surface area contributed by atoms with E-state index < -0.39 is 0 Å². The fourth-order valence-electron chi connectivity index (χ4n) is 2.77. The Hall–Kier alpha value is -0.990. The van der Waals surface area contributed by atoms with Gasteiger partial charge in [0.1, 0.15) is 12.4 Å². The SMILES string of the molecule is COCc1nnc(C2CCNCC2)n1-c1ccc(I)cc1. The lowest BCUT2D eigenvalue weighted by Gasteiger charge is -2.23. The normalized spacial score (nSPS) is 16.3. The van der Waals surface area contributed by atoms with Crippen molar-refractivity contribution >= 4 is 22.6 Å². The van der Waals surface area contributed by atoms with Gasteiger partial charge in [-0.05, 0) is 72.8 Å². The summed E-state index contributed by atoms with van der Waals surface area (Å²) in [5, 5.41) is 12.2. The number of aromatic nitrogens is 3. The van der Waals surface area contributed by atoms with E-state index in [-0.39, 0.29) is 0 Å². The monoisotopic (exact) mass is 398 g/mol. The number of hydrogen-bond acceptors (Lipinski definition) is 4. The van der Waals surface area contributed by atoms with E-state index in [0.717, 1.165) is 43.3 Å². The van der Waals surface area contributed by atoms with Crippen LogP contribution in [0, 0.1) is 3.57 Å². The number of nitrogens with one attached hydrogen (secondary N) is 1. The predicted molar refractivity (Wildman–Crippen MR) is 89.6 cm³/mol. The molecule has 1 aromatic carbocycles. The van der Waals surface area contributed by atoms with Crippen LogP contribution in [0.5, 0.6) is 0 Å². The first-order valence-electron chi connectivity index (χ1n) is 7.19. The van der Waals surface area contributed by atoms with E-state index in [1.807, 2.05) is 0 Å². The maximum atomic E-state index is 5.28. The van der Waals surface area contributed by atoms with E-state index in [1.54, 1.807) is 7.11 Å². The maximum Gasteiger partial charge on any atom is 0.163 e. The van der Waals surface area contributed by atoms with Crippen LogP contribution >= 0.6 is 22.6 Å². The zero-order chi connectivity index (χ0) is 14.7. The van der Waals surface area contributed by atoms with Crippen LogP contribution in [0.15, 0.2) is 24.3 Å². The Morgan fingerprint density at radius 3 is 2.62 bits per heavy atom. The van der Waals surface area contributed by atoms with Crippen molar-refractivity contribution in [2.24, 2.45) is 0 Å². The van der Waals surface area contributed by atoms with Gasteiger partial charge >= 0.3 is 0 Å². The Bertz CT molecular complexity index is 590. The highest BCUT2D eigenvalue weighted by Gasteiger charge is 2.23. The molecule has 1 aromatic heterocycles. The summed E-state index contributed by atoms with van der Waals surface area (Å²) in [5.41, 5.74) is 1.11. The molecule has 0 unspecified atom stereocenters. The molecule has 0 amide bonds. The zero-order valence-corrected chi connectivity index (χ0v) is 14.2. The molecule has 2 heterocycles. The van der Waals surface area contributed by atoms with Crippen molar-refractivity contribution < 1.29 is 4.74 Å². The number of hydrogen-bond donors (Lipinski definition) is 1. The minimum atomic E-state index is 0.462. The summed E-state index contributed by atoms with van der Waals surface area (Å²) in [7, 11) is 1.69. The van der Waals surface area contributed by atoms with Crippen LogP contribution in [0.4, 0.5) is 0 Å². The van der Waals surface area contributed by atoms with Crippen LogP contribution in [-0.2, 0) is 11.3 Å². The Balaban J connectivity index is 2.01. The van der Waals surface area contributed by atoms with Gasteiger partial charge < -0.3 is 10.1 Å². The van der Waals surface area contributed by atoms with Gasteiger partial charge in [0.2, 0.25) is 0 Å². The minimum Gasteiger partial charge on any atom is -0.377 e. The van der Waals surface area contributed by atoms with Crippen LogP contribution in [0.3, 0.4) is 0 Å². The summed E-state index contributed by atoms with van der Waals surface area (Å²) in [6.45, 7) is 2.57. The third-order valence-corrected chi connectivity index (χ3v) is 4.54. The topological polar surface area (TPSA) is 52.0 Å². The van der Waals surface area contributed by atoms with E-state index >= 15 is 0 Å². The lowest BCUT2D eigenvalue weighted by atomic mass is 9.97. The Labute approximate surface area is 138 Å². The standard InChI is InChI=1S/C15H19IN4O/c1-21-10-14-18-19-15(11-6-8-17-9-7-11)20(14)13-4-2-12(16)3-5-13/h2-5,11,17H,6-10H2,1H3. The largest absolute Gasteiger partial charge is 0.377 e. The zero-order valence-electron chi connectivity index (χ0n) is 12.1. The van der Waals surface area contributed by atoms with E-state index in [0.29, 0.717) is 12.5 Å². The molecule has 0 radical (unpaired) electrons. The highest BCUT2D eigenvalue weighted by molar-refractivity contribution is 14.1. The van der Waals surface area contributed by atoms with Crippen LogP contribution < -0.4 is 5.32 Å². The summed E-state index contributed by atoms with van der Waals surface area (Å²) >= 11 is 2.32. The number of halogens is 1. The fraction of sp³-hybridized carbons (Fsp3) is 0.467. The molecule has 0 atom stereocenters. The maximum absolute atomic E-state index is 5.28. The lowest BCUT2D eigenvalue weighted by molar-refractivity contribution is 0.176. The Kier molecular flexibility index (Phi) is 4.87. The second kappa shape index (κ2) is 6.85. The molecule has 21 heavy (non-hydrogen) atoms.